The lowest BCUT2D eigenvalue weighted by Crippen LogP contribution is -1.88. The lowest BCUT2D eigenvalue weighted by Gasteiger charge is -2.05. The molecule has 1 heterocycles. The van der Waals surface area contributed by atoms with Gasteiger partial charge in [0.2, 0.25) is 5.89 Å². The number of rotatable bonds is 4. The van der Waals surface area contributed by atoms with Crippen molar-refractivity contribution in [2.75, 3.05) is 7.11 Å². The number of aromatic hydroxyl groups is 2. The Hall–Kier alpha value is -3.80. The van der Waals surface area contributed by atoms with Crippen molar-refractivity contribution in [2.45, 2.75) is 6.92 Å². The van der Waals surface area contributed by atoms with E-state index in [1.807, 2.05) is 25.1 Å². The zero-order chi connectivity index (χ0) is 19.7. The van der Waals surface area contributed by atoms with E-state index in [9.17, 15) is 10.2 Å². The van der Waals surface area contributed by atoms with E-state index in [2.05, 4.69) is 9.98 Å². The van der Waals surface area contributed by atoms with Gasteiger partial charge in [-0.3, -0.25) is 4.99 Å². The molecule has 0 radical (unpaired) electrons. The van der Waals surface area contributed by atoms with Gasteiger partial charge in [-0.2, -0.15) is 0 Å². The Morgan fingerprint density at radius 3 is 2.71 bits per heavy atom. The predicted molar refractivity (Wildman–Crippen MR) is 108 cm³/mol. The highest BCUT2D eigenvalue weighted by atomic mass is 16.5. The second-order valence-corrected chi connectivity index (χ2v) is 6.35. The molecule has 0 aliphatic rings. The summed E-state index contributed by atoms with van der Waals surface area (Å²) < 4.78 is 10.8. The van der Waals surface area contributed by atoms with Crippen LogP contribution in [0.5, 0.6) is 17.2 Å². The highest BCUT2D eigenvalue weighted by Gasteiger charge is 2.13. The number of phenols is 2. The number of oxazole rings is 1. The number of phenolic OH excluding ortho intramolecular Hbond substituents is 2. The molecule has 4 rings (SSSR count). The van der Waals surface area contributed by atoms with E-state index < -0.39 is 0 Å². The molecule has 0 spiro atoms. The van der Waals surface area contributed by atoms with Crippen molar-refractivity contribution < 1.29 is 19.4 Å². The summed E-state index contributed by atoms with van der Waals surface area (Å²) in [6.45, 7) is 1.98. The lowest BCUT2D eigenvalue weighted by atomic mass is 10.1. The fourth-order valence-corrected chi connectivity index (χ4v) is 2.89. The Labute approximate surface area is 161 Å². The molecule has 0 atom stereocenters. The van der Waals surface area contributed by atoms with Gasteiger partial charge < -0.3 is 19.4 Å². The number of benzene rings is 3. The number of ether oxygens (including phenoxy) is 1. The molecule has 28 heavy (non-hydrogen) atoms. The van der Waals surface area contributed by atoms with Crippen molar-refractivity contribution in [2.24, 2.45) is 4.99 Å². The average Bonchev–Trinajstić information content (AvgIpc) is 3.10. The molecule has 0 aliphatic heterocycles. The van der Waals surface area contributed by atoms with E-state index in [1.165, 1.54) is 19.4 Å². The number of fused-ring (bicyclic) bond motifs is 1. The van der Waals surface area contributed by atoms with Crippen LogP contribution in [0, 0.1) is 6.92 Å². The third kappa shape index (κ3) is 3.27. The van der Waals surface area contributed by atoms with Crippen LogP contribution in [0.1, 0.15) is 11.1 Å². The number of para-hydroxylation sites is 1. The third-order valence-corrected chi connectivity index (χ3v) is 4.36. The van der Waals surface area contributed by atoms with E-state index in [-0.39, 0.29) is 11.5 Å². The highest BCUT2D eigenvalue weighted by molar-refractivity contribution is 5.87. The molecule has 0 saturated carbocycles. The molecule has 6 nitrogen and oxygen atoms in total. The monoisotopic (exact) mass is 374 g/mol. The van der Waals surface area contributed by atoms with Gasteiger partial charge in [-0.15, -0.1) is 0 Å². The number of aromatic nitrogens is 1. The van der Waals surface area contributed by atoms with Crippen molar-refractivity contribution in [3.63, 3.8) is 0 Å². The van der Waals surface area contributed by atoms with Gasteiger partial charge in [-0.25, -0.2) is 4.98 Å². The summed E-state index contributed by atoms with van der Waals surface area (Å²) in [5.74, 6) is 0.733. The predicted octanol–water partition coefficient (Wildman–Crippen LogP) is 4.97. The summed E-state index contributed by atoms with van der Waals surface area (Å²) in [6, 6.07) is 15.8. The van der Waals surface area contributed by atoms with Crippen LogP contribution >= 0.6 is 0 Å². The lowest BCUT2D eigenvalue weighted by molar-refractivity contribution is 0.373. The average molecular weight is 374 g/mol. The van der Waals surface area contributed by atoms with Crippen molar-refractivity contribution >= 4 is 23.0 Å². The van der Waals surface area contributed by atoms with Gasteiger partial charge in [0.25, 0.3) is 0 Å². The molecule has 4 aromatic rings. The number of hydrogen-bond donors (Lipinski definition) is 2. The highest BCUT2D eigenvalue weighted by Crippen LogP contribution is 2.34. The first-order chi connectivity index (χ1) is 13.5. The van der Waals surface area contributed by atoms with Gasteiger partial charge in [-0.1, -0.05) is 12.1 Å². The molecule has 0 unspecified atom stereocenters. The number of methoxy groups -OCH3 is 1. The topological polar surface area (TPSA) is 88.1 Å². The molecule has 0 aliphatic carbocycles. The molecule has 6 heteroatoms. The van der Waals surface area contributed by atoms with Gasteiger partial charge in [0, 0.05) is 17.8 Å². The minimum absolute atomic E-state index is 0.00722. The molecular formula is C22H18N2O4. The van der Waals surface area contributed by atoms with Crippen molar-refractivity contribution in [1.29, 1.82) is 0 Å². The maximum atomic E-state index is 10.4. The largest absolute Gasteiger partial charge is 0.507 e. The molecule has 0 saturated heterocycles. The van der Waals surface area contributed by atoms with E-state index in [1.54, 1.807) is 30.3 Å². The quantitative estimate of drug-likeness (QED) is 0.492. The Kier molecular flexibility index (Phi) is 4.45. The van der Waals surface area contributed by atoms with Gasteiger partial charge in [0.1, 0.15) is 11.3 Å². The molecule has 0 fully saturated rings. The first-order valence-electron chi connectivity index (χ1n) is 8.66. The smallest absolute Gasteiger partial charge is 0.231 e. The number of hydrogen-bond acceptors (Lipinski definition) is 6. The maximum Gasteiger partial charge on any atom is 0.231 e. The Balaban J connectivity index is 1.64. The first kappa shape index (κ1) is 17.6. The Morgan fingerprint density at radius 1 is 1.07 bits per heavy atom. The fraction of sp³-hybridized carbons (Fsp3) is 0.0909. The molecule has 0 bridgehead atoms. The summed E-state index contributed by atoms with van der Waals surface area (Å²) in [5.41, 5.74) is 4.01. The van der Waals surface area contributed by atoms with Crippen LogP contribution in [-0.4, -0.2) is 28.5 Å². The second-order valence-electron chi connectivity index (χ2n) is 6.35. The van der Waals surface area contributed by atoms with Crippen molar-refractivity contribution in [3.8, 4) is 28.7 Å². The van der Waals surface area contributed by atoms with E-state index >= 15 is 0 Å². The minimum Gasteiger partial charge on any atom is -0.507 e. The summed E-state index contributed by atoms with van der Waals surface area (Å²) in [6.07, 6.45) is 1.51. The maximum absolute atomic E-state index is 10.4. The van der Waals surface area contributed by atoms with E-state index in [0.29, 0.717) is 34.0 Å². The fourth-order valence-electron chi connectivity index (χ4n) is 2.89. The SMILES string of the molecule is COc1cccc(C=Nc2ccc(-c3nc4cc(C)ccc4o3)c(O)c2)c1O. The first-order valence-corrected chi connectivity index (χ1v) is 8.66. The van der Waals surface area contributed by atoms with Crippen LogP contribution in [0.3, 0.4) is 0 Å². The van der Waals surface area contributed by atoms with Crippen molar-refractivity contribution in [1.82, 2.24) is 4.98 Å². The van der Waals surface area contributed by atoms with Gasteiger partial charge in [0.05, 0.1) is 18.4 Å². The molecule has 0 amide bonds. The van der Waals surface area contributed by atoms with Crippen LogP contribution in [0.15, 0.2) is 64.0 Å². The molecule has 2 N–H and O–H groups in total. The van der Waals surface area contributed by atoms with Crippen LogP contribution in [-0.2, 0) is 0 Å². The number of nitrogens with zero attached hydrogens (tertiary/aromatic N) is 2. The Bertz CT molecular complexity index is 1190. The summed E-state index contributed by atoms with van der Waals surface area (Å²) in [5, 5.41) is 20.5. The molecule has 140 valence electrons. The van der Waals surface area contributed by atoms with Gasteiger partial charge in [-0.05, 0) is 48.9 Å². The van der Waals surface area contributed by atoms with Crippen LogP contribution < -0.4 is 4.74 Å². The second kappa shape index (κ2) is 7.08. The standard InChI is InChI=1S/C22H18N2O4/c1-13-6-9-19-17(10-13)24-22(28-19)16-8-7-15(11-18(16)25)23-12-14-4-3-5-20(27-2)21(14)26/h3-12,25-26H,1-2H3. The summed E-state index contributed by atoms with van der Waals surface area (Å²) in [4.78, 5) is 8.76. The molecule has 1 aromatic heterocycles. The van der Waals surface area contributed by atoms with Crippen LogP contribution in [0.2, 0.25) is 0 Å². The summed E-state index contributed by atoms with van der Waals surface area (Å²) >= 11 is 0. The minimum atomic E-state index is 0.00722. The summed E-state index contributed by atoms with van der Waals surface area (Å²) in [7, 11) is 1.49. The zero-order valence-electron chi connectivity index (χ0n) is 15.4. The van der Waals surface area contributed by atoms with Crippen LogP contribution in [0.25, 0.3) is 22.6 Å². The Morgan fingerprint density at radius 2 is 1.93 bits per heavy atom. The molecule has 3 aromatic carbocycles. The third-order valence-electron chi connectivity index (χ3n) is 4.36. The zero-order valence-corrected chi connectivity index (χ0v) is 15.4. The number of aliphatic imine (C=N–C) groups is 1. The van der Waals surface area contributed by atoms with E-state index in [0.717, 1.165) is 11.1 Å². The van der Waals surface area contributed by atoms with Gasteiger partial charge in [0.15, 0.2) is 17.1 Å². The van der Waals surface area contributed by atoms with Gasteiger partial charge >= 0.3 is 0 Å². The number of aryl methyl sites for hydroxylation is 1. The van der Waals surface area contributed by atoms with E-state index in [4.69, 9.17) is 9.15 Å². The van der Waals surface area contributed by atoms with Crippen LogP contribution in [0.4, 0.5) is 5.69 Å². The molecular weight excluding hydrogens is 356 g/mol. The van der Waals surface area contributed by atoms with Crippen molar-refractivity contribution in [3.05, 3.63) is 65.7 Å². The normalized spacial score (nSPS) is 11.4.